The molecule has 0 fully saturated rings. The normalized spacial score (nSPS) is 27.6. The van der Waals surface area contributed by atoms with Crippen LogP contribution in [-0.4, -0.2) is 74.8 Å². The van der Waals surface area contributed by atoms with Gasteiger partial charge in [0.1, 0.15) is 6.10 Å². The quantitative estimate of drug-likeness (QED) is 0.231. The Morgan fingerprint density at radius 3 is 2.20 bits per heavy atom. The summed E-state index contributed by atoms with van der Waals surface area (Å²) in [6.45, 7) is 9.43. The van der Waals surface area contributed by atoms with Crippen LogP contribution in [0.3, 0.4) is 0 Å². The summed E-state index contributed by atoms with van der Waals surface area (Å²) in [7, 11) is 4.30. The third-order valence-electron chi connectivity index (χ3n) is 7.45. The van der Waals surface area contributed by atoms with Crippen LogP contribution in [0.4, 0.5) is 10.5 Å². The van der Waals surface area contributed by atoms with Crippen molar-refractivity contribution in [1.29, 1.82) is 0 Å². The summed E-state index contributed by atoms with van der Waals surface area (Å²) in [6, 6.07) is 1.35. The number of amides is 2. The predicted molar refractivity (Wildman–Crippen MR) is 170 cm³/mol. The molecule has 2 bridgehead atoms. The second kappa shape index (κ2) is 17.5. The maximum atomic E-state index is 13.4. The van der Waals surface area contributed by atoms with Gasteiger partial charge in [-0.3, -0.25) is 14.4 Å². The molecule has 0 radical (unpaired) electrons. The SMILES string of the molecule is COc1c(OC(C)=O)cc2c(OC(C)=O)c1CC(C)CC(OC)C(O)C(C)/C=C(\C)C(OC(N)=O)C(OC)/C=C\C=C(/C)C(=O)N2. The van der Waals surface area contributed by atoms with Gasteiger partial charge in [0.05, 0.1) is 25.0 Å². The minimum Gasteiger partial charge on any atom is -0.492 e. The van der Waals surface area contributed by atoms with Gasteiger partial charge in [0.25, 0.3) is 5.91 Å². The number of hydrogen-bond acceptors (Lipinski definition) is 11. The van der Waals surface area contributed by atoms with Crippen LogP contribution in [0.5, 0.6) is 17.2 Å². The molecule has 13 heteroatoms. The monoisotopic (exact) mass is 646 g/mol. The van der Waals surface area contributed by atoms with Gasteiger partial charge >= 0.3 is 18.0 Å². The third-order valence-corrected chi connectivity index (χ3v) is 7.45. The number of rotatable bonds is 6. The van der Waals surface area contributed by atoms with Crippen molar-refractivity contribution < 1.29 is 52.7 Å². The molecular weight excluding hydrogens is 600 g/mol. The van der Waals surface area contributed by atoms with Crippen molar-refractivity contribution in [3.63, 3.8) is 0 Å². The molecule has 1 aliphatic rings. The lowest BCUT2D eigenvalue weighted by atomic mass is 9.87. The number of fused-ring (bicyclic) bond motifs is 2. The van der Waals surface area contributed by atoms with E-state index in [0.717, 1.165) is 0 Å². The van der Waals surface area contributed by atoms with Gasteiger partial charge in [-0.15, -0.1) is 0 Å². The molecule has 0 saturated heterocycles. The van der Waals surface area contributed by atoms with Crippen molar-refractivity contribution >= 4 is 29.6 Å². The first-order valence-electron chi connectivity index (χ1n) is 14.8. The molecule has 0 aromatic heterocycles. The average Bonchev–Trinajstić information content (AvgIpc) is 2.97. The van der Waals surface area contributed by atoms with Crippen molar-refractivity contribution in [3.8, 4) is 17.2 Å². The van der Waals surface area contributed by atoms with E-state index >= 15 is 0 Å². The fraction of sp³-hybridized carbons (Fsp3) is 0.515. The number of carbonyl (C=O) groups is 4. The lowest BCUT2D eigenvalue weighted by Gasteiger charge is -2.30. The Hall–Kier alpha value is -4.20. The molecule has 6 atom stereocenters. The summed E-state index contributed by atoms with van der Waals surface area (Å²) in [5.41, 5.74) is 6.62. The molecular formula is C33H46N2O11. The van der Waals surface area contributed by atoms with Gasteiger partial charge in [-0.05, 0) is 38.2 Å². The van der Waals surface area contributed by atoms with Gasteiger partial charge in [0.15, 0.2) is 23.4 Å². The lowest BCUT2D eigenvalue weighted by molar-refractivity contribution is -0.133. The predicted octanol–water partition coefficient (Wildman–Crippen LogP) is 4.01. The molecule has 254 valence electrons. The van der Waals surface area contributed by atoms with E-state index in [-0.39, 0.29) is 40.8 Å². The molecule has 46 heavy (non-hydrogen) atoms. The molecule has 13 nitrogen and oxygen atoms in total. The molecule has 2 rings (SSSR count). The topological polar surface area (TPSA) is 182 Å². The standard InChI is InChI=1S/C33H46N2O11/c1-17-13-23-30(45-22(6)37)24(16-27(31(23)43-9)44-21(5)36)35-32(39)18(2)11-10-12-25(41-7)29(46-33(34)40)20(4)15-19(3)28(38)26(14-17)42-8/h10-12,15-17,19,25-26,28-29,38H,13-14H2,1-9H3,(H2,34,40)(H,35,39)/b12-10-,18-11+,20-15+. The number of allylic oxidation sites excluding steroid dienone is 2. The number of aliphatic hydroxyl groups excluding tert-OH is 1. The largest absolute Gasteiger partial charge is 0.492 e. The Bertz CT molecular complexity index is 1370. The van der Waals surface area contributed by atoms with Crippen LogP contribution >= 0.6 is 0 Å². The maximum Gasteiger partial charge on any atom is 0.405 e. The first-order valence-corrected chi connectivity index (χ1v) is 14.8. The van der Waals surface area contributed by atoms with Crippen LogP contribution < -0.4 is 25.3 Å². The molecule has 1 aromatic carbocycles. The van der Waals surface area contributed by atoms with E-state index in [9.17, 15) is 24.3 Å². The van der Waals surface area contributed by atoms with Gasteiger partial charge in [0, 0.05) is 51.2 Å². The van der Waals surface area contributed by atoms with Gasteiger partial charge < -0.3 is 44.6 Å². The molecule has 0 spiro atoms. The zero-order valence-corrected chi connectivity index (χ0v) is 27.9. The Kier molecular flexibility index (Phi) is 14.4. The van der Waals surface area contributed by atoms with E-state index in [1.54, 1.807) is 39.0 Å². The molecule has 0 saturated carbocycles. The summed E-state index contributed by atoms with van der Waals surface area (Å²) in [4.78, 5) is 49.4. The molecule has 1 aromatic rings. The highest BCUT2D eigenvalue weighted by Gasteiger charge is 2.31. The van der Waals surface area contributed by atoms with Crippen molar-refractivity contribution in [2.75, 3.05) is 26.6 Å². The molecule has 6 unspecified atom stereocenters. The number of hydrogen-bond donors (Lipinski definition) is 3. The number of benzene rings is 1. The Labute approximate surface area is 269 Å². The fourth-order valence-electron chi connectivity index (χ4n) is 5.27. The average molecular weight is 647 g/mol. The van der Waals surface area contributed by atoms with Crippen molar-refractivity contribution in [2.45, 2.75) is 78.8 Å². The van der Waals surface area contributed by atoms with Gasteiger partial charge in [0.2, 0.25) is 0 Å². The van der Waals surface area contributed by atoms with Crippen LogP contribution in [0.15, 0.2) is 41.5 Å². The van der Waals surface area contributed by atoms with Crippen LogP contribution in [0.1, 0.15) is 53.5 Å². The number of ether oxygens (including phenoxy) is 6. The van der Waals surface area contributed by atoms with E-state index in [0.29, 0.717) is 17.6 Å². The van der Waals surface area contributed by atoms with Crippen molar-refractivity contribution in [3.05, 3.63) is 47.1 Å². The van der Waals surface area contributed by atoms with Crippen molar-refractivity contribution in [2.24, 2.45) is 17.6 Å². The zero-order chi connectivity index (χ0) is 34.7. The van der Waals surface area contributed by atoms with Gasteiger partial charge in [-0.25, -0.2) is 4.79 Å². The number of methoxy groups -OCH3 is 3. The minimum atomic E-state index is -1.01. The summed E-state index contributed by atoms with van der Waals surface area (Å²) < 4.78 is 33.4. The zero-order valence-electron chi connectivity index (χ0n) is 27.9. The number of aliphatic hydroxyl groups is 1. The highest BCUT2D eigenvalue weighted by molar-refractivity contribution is 6.05. The third kappa shape index (κ3) is 10.4. The van der Waals surface area contributed by atoms with Crippen LogP contribution in [0.2, 0.25) is 0 Å². The Morgan fingerprint density at radius 2 is 1.65 bits per heavy atom. The summed E-state index contributed by atoms with van der Waals surface area (Å²) in [5.74, 6) is -2.36. The minimum absolute atomic E-state index is 0.0109. The molecule has 1 aliphatic heterocycles. The van der Waals surface area contributed by atoms with E-state index in [4.69, 9.17) is 34.2 Å². The molecule has 4 N–H and O–H groups in total. The lowest BCUT2D eigenvalue weighted by Crippen LogP contribution is -2.37. The van der Waals surface area contributed by atoms with E-state index in [1.165, 1.54) is 47.3 Å². The number of nitrogens with one attached hydrogen (secondary N) is 1. The molecule has 0 aliphatic carbocycles. The number of anilines is 1. The summed E-state index contributed by atoms with van der Waals surface area (Å²) >= 11 is 0. The van der Waals surface area contributed by atoms with E-state index in [1.807, 2.05) is 6.92 Å². The Morgan fingerprint density at radius 1 is 1.00 bits per heavy atom. The summed E-state index contributed by atoms with van der Waals surface area (Å²) in [6.07, 6.45) is 2.57. The smallest absolute Gasteiger partial charge is 0.405 e. The first kappa shape index (κ1) is 38.0. The second-order valence-corrected chi connectivity index (χ2v) is 11.3. The number of nitrogens with two attached hydrogens (primary N) is 1. The number of esters is 2. The highest BCUT2D eigenvalue weighted by Crippen LogP contribution is 2.45. The highest BCUT2D eigenvalue weighted by atomic mass is 16.6. The first-order chi connectivity index (χ1) is 21.6. The maximum absolute atomic E-state index is 13.4. The van der Waals surface area contributed by atoms with Gasteiger partial charge in [-0.1, -0.05) is 38.2 Å². The van der Waals surface area contributed by atoms with Crippen molar-refractivity contribution in [1.82, 2.24) is 0 Å². The number of primary amides is 1. The molecule has 2 amide bonds. The van der Waals surface area contributed by atoms with Crippen LogP contribution in [0, 0.1) is 11.8 Å². The fourth-order valence-corrected chi connectivity index (χ4v) is 5.27. The van der Waals surface area contributed by atoms with E-state index < -0.39 is 54.3 Å². The number of carbonyl (C=O) groups excluding carboxylic acids is 4. The second-order valence-electron chi connectivity index (χ2n) is 11.3. The Balaban J connectivity index is 2.84. The van der Waals surface area contributed by atoms with Crippen LogP contribution in [0.25, 0.3) is 0 Å². The van der Waals surface area contributed by atoms with Gasteiger partial charge in [-0.2, -0.15) is 0 Å². The molecule has 1 heterocycles. The summed E-state index contributed by atoms with van der Waals surface area (Å²) in [5, 5.41) is 14.1. The van der Waals surface area contributed by atoms with E-state index in [2.05, 4.69) is 5.32 Å². The van der Waals surface area contributed by atoms with Crippen LogP contribution in [-0.2, 0) is 35.0 Å².